The summed E-state index contributed by atoms with van der Waals surface area (Å²) in [6.07, 6.45) is 0.556. The van der Waals surface area contributed by atoms with E-state index in [0.29, 0.717) is 17.1 Å². The fourth-order valence-electron chi connectivity index (χ4n) is 2.04. The van der Waals surface area contributed by atoms with Crippen LogP contribution in [0.4, 0.5) is 0 Å². The summed E-state index contributed by atoms with van der Waals surface area (Å²) < 4.78 is 22.6. The fraction of sp³-hybridized carbons (Fsp3) is 0.385. The van der Waals surface area contributed by atoms with Crippen molar-refractivity contribution in [3.63, 3.8) is 0 Å². The molecule has 1 aromatic carbocycles. The number of amides is 1. The van der Waals surface area contributed by atoms with Crippen molar-refractivity contribution >= 4 is 33.1 Å². The van der Waals surface area contributed by atoms with E-state index in [1.54, 1.807) is 24.3 Å². The molecule has 0 aliphatic carbocycles. The van der Waals surface area contributed by atoms with Crippen molar-refractivity contribution in [1.82, 2.24) is 16.0 Å². The molecule has 2 rings (SSSR count). The Hall–Kier alpha value is -1.67. The van der Waals surface area contributed by atoms with Crippen LogP contribution < -0.4 is 16.0 Å². The molecule has 6 nitrogen and oxygen atoms in total. The van der Waals surface area contributed by atoms with Gasteiger partial charge in [-0.3, -0.25) is 4.79 Å². The lowest BCUT2D eigenvalue weighted by Crippen LogP contribution is -2.46. The van der Waals surface area contributed by atoms with E-state index in [2.05, 4.69) is 16.0 Å². The van der Waals surface area contributed by atoms with Crippen LogP contribution in [0.1, 0.15) is 16.8 Å². The highest BCUT2D eigenvalue weighted by Crippen LogP contribution is 2.10. The number of thiocarbonyl (C=S) groups is 1. The van der Waals surface area contributed by atoms with Crippen molar-refractivity contribution in [1.29, 1.82) is 0 Å². The molecule has 0 unspecified atom stereocenters. The number of hydrogen-bond donors (Lipinski definition) is 3. The molecule has 1 amide bonds. The van der Waals surface area contributed by atoms with Crippen LogP contribution in [-0.4, -0.2) is 43.7 Å². The highest BCUT2D eigenvalue weighted by molar-refractivity contribution is 7.91. The van der Waals surface area contributed by atoms with E-state index in [4.69, 9.17) is 12.2 Å². The summed E-state index contributed by atoms with van der Waals surface area (Å²) >= 11 is 5.07. The first kappa shape index (κ1) is 15.7. The van der Waals surface area contributed by atoms with E-state index in [9.17, 15) is 13.2 Å². The van der Waals surface area contributed by atoms with E-state index >= 15 is 0 Å². The summed E-state index contributed by atoms with van der Waals surface area (Å²) in [6.45, 7) is 0.180. The molecule has 1 heterocycles. The average molecular weight is 327 g/mol. The van der Waals surface area contributed by atoms with Crippen molar-refractivity contribution in [2.75, 3.05) is 18.2 Å². The molecule has 21 heavy (non-hydrogen) atoms. The van der Waals surface area contributed by atoms with E-state index < -0.39 is 9.84 Å². The number of nitrogens with one attached hydrogen (secondary N) is 3. The fourth-order valence-corrected chi connectivity index (χ4v) is 3.95. The monoisotopic (exact) mass is 327 g/mol. The van der Waals surface area contributed by atoms with Gasteiger partial charge in [-0.2, -0.15) is 0 Å². The van der Waals surface area contributed by atoms with Crippen LogP contribution in [0.25, 0.3) is 0 Å². The minimum Gasteiger partial charge on any atom is -0.359 e. The molecule has 0 radical (unpaired) electrons. The molecule has 1 atom stereocenters. The topological polar surface area (TPSA) is 87.3 Å². The molecule has 114 valence electrons. The second-order valence-electron chi connectivity index (χ2n) is 4.80. The molecular weight excluding hydrogens is 310 g/mol. The number of sulfone groups is 1. The van der Waals surface area contributed by atoms with Gasteiger partial charge in [-0.05, 0) is 30.8 Å². The van der Waals surface area contributed by atoms with Crippen molar-refractivity contribution in [3.8, 4) is 0 Å². The number of rotatable bonds is 4. The van der Waals surface area contributed by atoms with Gasteiger partial charge in [0.2, 0.25) is 0 Å². The molecule has 0 aromatic heterocycles. The van der Waals surface area contributed by atoms with Crippen LogP contribution >= 0.6 is 12.2 Å². The number of carbonyl (C=O) groups is 1. The standard InChI is InChI=1S/C13H17N3O3S2/c17-12(10-4-2-1-3-5-10)14-9-15-13(20)16-11-6-7-21(18,19)8-11/h1-5,11H,6-9H2,(H,14,17)(H2,15,16,20)/t11-/m1/s1. The Labute approximate surface area is 129 Å². The van der Waals surface area contributed by atoms with E-state index in [-0.39, 0.29) is 30.1 Å². The first-order chi connectivity index (χ1) is 9.96. The summed E-state index contributed by atoms with van der Waals surface area (Å²) in [5, 5.41) is 8.78. The molecular formula is C13H17N3O3S2. The lowest BCUT2D eigenvalue weighted by Gasteiger charge is -2.15. The highest BCUT2D eigenvalue weighted by Gasteiger charge is 2.28. The Bertz CT molecular complexity index is 617. The first-order valence-corrected chi connectivity index (χ1v) is 8.77. The Morgan fingerprint density at radius 2 is 1.95 bits per heavy atom. The number of benzene rings is 1. The van der Waals surface area contributed by atoms with Gasteiger partial charge < -0.3 is 16.0 Å². The van der Waals surface area contributed by atoms with Gasteiger partial charge in [0.25, 0.3) is 5.91 Å². The Morgan fingerprint density at radius 3 is 2.57 bits per heavy atom. The lowest BCUT2D eigenvalue weighted by molar-refractivity contribution is 0.0953. The van der Waals surface area contributed by atoms with Crippen molar-refractivity contribution in [3.05, 3.63) is 35.9 Å². The second kappa shape index (κ2) is 6.86. The molecule has 1 fully saturated rings. The molecule has 1 saturated heterocycles. The third kappa shape index (κ3) is 4.98. The predicted octanol–water partition coefficient (Wildman–Crippen LogP) is 0.0251. The van der Waals surface area contributed by atoms with Crippen LogP contribution in [0.2, 0.25) is 0 Å². The summed E-state index contributed by atoms with van der Waals surface area (Å²) in [6, 6.07) is 8.69. The Kier molecular flexibility index (Phi) is 5.13. The van der Waals surface area contributed by atoms with Crippen molar-refractivity contribution < 1.29 is 13.2 Å². The van der Waals surface area contributed by atoms with E-state index in [0.717, 1.165) is 0 Å². The number of hydrogen-bond acceptors (Lipinski definition) is 4. The summed E-state index contributed by atoms with van der Waals surface area (Å²) in [5.74, 6) is 0.0952. The zero-order chi connectivity index (χ0) is 15.3. The highest BCUT2D eigenvalue weighted by atomic mass is 32.2. The Morgan fingerprint density at radius 1 is 1.24 bits per heavy atom. The van der Waals surface area contributed by atoms with Gasteiger partial charge in [-0.1, -0.05) is 18.2 Å². The van der Waals surface area contributed by atoms with Crippen LogP contribution in [0.5, 0.6) is 0 Å². The lowest BCUT2D eigenvalue weighted by atomic mass is 10.2. The first-order valence-electron chi connectivity index (χ1n) is 6.54. The summed E-state index contributed by atoms with van der Waals surface area (Å²) in [7, 11) is -2.93. The quantitative estimate of drug-likeness (QED) is 0.534. The van der Waals surface area contributed by atoms with Crippen LogP contribution in [0.3, 0.4) is 0 Å². The van der Waals surface area contributed by atoms with Gasteiger partial charge in [0.05, 0.1) is 18.2 Å². The smallest absolute Gasteiger partial charge is 0.252 e. The van der Waals surface area contributed by atoms with Crippen molar-refractivity contribution in [2.24, 2.45) is 0 Å². The molecule has 1 aromatic rings. The zero-order valence-corrected chi connectivity index (χ0v) is 13.0. The predicted molar refractivity (Wildman–Crippen MR) is 84.7 cm³/mol. The third-order valence-electron chi connectivity index (χ3n) is 3.10. The van der Waals surface area contributed by atoms with Gasteiger partial charge in [0.15, 0.2) is 14.9 Å². The van der Waals surface area contributed by atoms with Gasteiger partial charge in [-0.15, -0.1) is 0 Å². The molecule has 1 aliphatic rings. The second-order valence-corrected chi connectivity index (χ2v) is 7.44. The van der Waals surface area contributed by atoms with Crippen LogP contribution in [-0.2, 0) is 9.84 Å². The normalized spacial score (nSPS) is 19.7. The molecule has 1 aliphatic heterocycles. The average Bonchev–Trinajstić information content (AvgIpc) is 2.78. The maximum Gasteiger partial charge on any atom is 0.252 e. The zero-order valence-electron chi connectivity index (χ0n) is 11.3. The molecule has 0 spiro atoms. The summed E-state index contributed by atoms with van der Waals surface area (Å²) in [5.41, 5.74) is 0.570. The van der Waals surface area contributed by atoms with Gasteiger partial charge in [0, 0.05) is 11.6 Å². The molecule has 0 saturated carbocycles. The maximum absolute atomic E-state index is 11.8. The third-order valence-corrected chi connectivity index (χ3v) is 5.13. The minimum atomic E-state index is -2.93. The molecule has 0 bridgehead atoms. The Balaban J connectivity index is 1.69. The minimum absolute atomic E-state index is 0.102. The van der Waals surface area contributed by atoms with E-state index in [1.165, 1.54) is 0 Å². The summed E-state index contributed by atoms with van der Waals surface area (Å²) in [4.78, 5) is 11.8. The molecule has 8 heteroatoms. The number of carbonyl (C=O) groups excluding carboxylic acids is 1. The van der Waals surface area contributed by atoms with Gasteiger partial charge in [0.1, 0.15) is 0 Å². The van der Waals surface area contributed by atoms with Gasteiger partial charge >= 0.3 is 0 Å². The largest absolute Gasteiger partial charge is 0.359 e. The van der Waals surface area contributed by atoms with Crippen LogP contribution in [0.15, 0.2) is 30.3 Å². The maximum atomic E-state index is 11.8. The molecule has 3 N–H and O–H groups in total. The SMILES string of the molecule is O=C(NCNC(=S)N[C@@H]1CCS(=O)(=O)C1)c1ccccc1. The van der Waals surface area contributed by atoms with Crippen LogP contribution in [0, 0.1) is 0 Å². The van der Waals surface area contributed by atoms with Crippen molar-refractivity contribution in [2.45, 2.75) is 12.5 Å². The van der Waals surface area contributed by atoms with E-state index in [1.807, 2.05) is 6.07 Å². The van der Waals surface area contributed by atoms with Gasteiger partial charge in [-0.25, -0.2) is 8.42 Å².